The Bertz CT molecular complexity index is 255. The average Bonchev–Trinajstić information content (AvgIpc) is 2.04. The van der Waals surface area contributed by atoms with Crippen LogP contribution in [0.2, 0.25) is 0 Å². The van der Waals surface area contributed by atoms with Crippen LogP contribution in [0.1, 0.15) is 6.92 Å². The molecule has 1 heterocycles. The summed E-state index contributed by atoms with van der Waals surface area (Å²) in [6.45, 7) is 2.00. The average molecular weight is 231 g/mol. The molecule has 0 saturated carbocycles. The van der Waals surface area contributed by atoms with Gasteiger partial charge in [-0.2, -0.15) is 0 Å². The molecule has 0 spiro atoms. The second-order valence-corrected chi connectivity index (χ2v) is 3.50. The maximum atomic E-state index is 8.76. The molecule has 0 saturated heterocycles. The van der Waals surface area contributed by atoms with E-state index >= 15 is 0 Å². The van der Waals surface area contributed by atoms with Gasteiger partial charge in [0.05, 0.1) is 6.61 Å². The first kappa shape index (κ1) is 9.48. The summed E-state index contributed by atoms with van der Waals surface area (Å²) in [6.07, 6.45) is 1.70. The molecule has 0 radical (unpaired) electrons. The lowest BCUT2D eigenvalue weighted by Gasteiger charge is -2.10. The third-order valence-electron chi connectivity index (χ3n) is 1.39. The van der Waals surface area contributed by atoms with Gasteiger partial charge in [0.1, 0.15) is 5.82 Å². The minimum Gasteiger partial charge on any atom is -0.394 e. The van der Waals surface area contributed by atoms with Crippen molar-refractivity contribution in [1.82, 2.24) is 4.98 Å². The number of aromatic nitrogens is 1. The van der Waals surface area contributed by atoms with Crippen molar-refractivity contribution in [2.24, 2.45) is 0 Å². The summed E-state index contributed by atoms with van der Waals surface area (Å²) in [5.41, 5.74) is 0. The van der Waals surface area contributed by atoms with Crippen molar-refractivity contribution >= 4 is 21.7 Å². The van der Waals surface area contributed by atoms with Crippen molar-refractivity contribution in [1.29, 1.82) is 0 Å². The van der Waals surface area contributed by atoms with Gasteiger partial charge in [-0.1, -0.05) is 15.9 Å². The van der Waals surface area contributed by atoms with Crippen LogP contribution < -0.4 is 5.32 Å². The third kappa shape index (κ3) is 2.79. The fourth-order valence-corrected chi connectivity index (χ4v) is 1.12. The van der Waals surface area contributed by atoms with Crippen LogP contribution in [0.15, 0.2) is 22.8 Å². The number of nitrogens with one attached hydrogen (secondary N) is 1. The van der Waals surface area contributed by atoms with E-state index in [1.54, 1.807) is 6.20 Å². The molecule has 0 fully saturated rings. The summed E-state index contributed by atoms with van der Waals surface area (Å²) in [5.74, 6) is 0.769. The summed E-state index contributed by atoms with van der Waals surface area (Å²) in [7, 11) is 0. The van der Waals surface area contributed by atoms with Crippen molar-refractivity contribution in [2.45, 2.75) is 13.0 Å². The predicted molar refractivity (Wildman–Crippen MR) is 52.1 cm³/mol. The Labute approximate surface area is 80.0 Å². The Hall–Kier alpha value is -0.610. The van der Waals surface area contributed by atoms with Gasteiger partial charge in [0.25, 0.3) is 0 Å². The first-order valence-corrected chi connectivity index (χ1v) is 4.50. The van der Waals surface area contributed by atoms with Gasteiger partial charge >= 0.3 is 0 Å². The molecule has 1 aromatic rings. The molecule has 0 aliphatic heterocycles. The van der Waals surface area contributed by atoms with Crippen LogP contribution in [-0.4, -0.2) is 22.7 Å². The summed E-state index contributed by atoms with van der Waals surface area (Å²) >= 11 is 3.33. The van der Waals surface area contributed by atoms with Gasteiger partial charge in [-0.25, -0.2) is 4.98 Å². The molecule has 4 heteroatoms. The topological polar surface area (TPSA) is 45.1 Å². The van der Waals surface area contributed by atoms with Crippen molar-refractivity contribution in [3.8, 4) is 0 Å². The fourth-order valence-electron chi connectivity index (χ4n) is 0.782. The molecule has 0 aliphatic carbocycles. The van der Waals surface area contributed by atoms with Crippen molar-refractivity contribution in [3.05, 3.63) is 22.8 Å². The lowest BCUT2D eigenvalue weighted by Crippen LogP contribution is -2.19. The zero-order chi connectivity index (χ0) is 8.97. The fraction of sp³-hybridized carbons (Fsp3) is 0.375. The SMILES string of the molecule is CC(CO)Nc1cc(Br)ccn1. The van der Waals surface area contributed by atoms with Gasteiger partial charge < -0.3 is 10.4 Å². The normalized spacial score (nSPS) is 12.6. The minimum absolute atomic E-state index is 0.0341. The van der Waals surface area contributed by atoms with E-state index in [0.717, 1.165) is 10.3 Å². The minimum atomic E-state index is 0.0341. The number of hydrogen-bond donors (Lipinski definition) is 2. The first-order chi connectivity index (χ1) is 5.72. The van der Waals surface area contributed by atoms with Gasteiger partial charge in [-0.3, -0.25) is 0 Å². The van der Waals surface area contributed by atoms with E-state index in [4.69, 9.17) is 5.11 Å². The largest absolute Gasteiger partial charge is 0.394 e. The highest BCUT2D eigenvalue weighted by atomic mass is 79.9. The van der Waals surface area contributed by atoms with Gasteiger partial charge in [-0.15, -0.1) is 0 Å². The Morgan fingerprint density at radius 1 is 1.75 bits per heavy atom. The number of halogens is 1. The second-order valence-electron chi connectivity index (χ2n) is 2.59. The Morgan fingerprint density at radius 2 is 2.50 bits per heavy atom. The second kappa shape index (κ2) is 4.42. The van der Waals surface area contributed by atoms with E-state index in [-0.39, 0.29) is 12.6 Å². The van der Waals surface area contributed by atoms with Crippen LogP contribution >= 0.6 is 15.9 Å². The Kier molecular flexibility index (Phi) is 3.49. The van der Waals surface area contributed by atoms with E-state index in [9.17, 15) is 0 Å². The molecule has 12 heavy (non-hydrogen) atoms. The quantitative estimate of drug-likeness (QED) is 0.831. The molecule has 3 nitrogen and oxygen atoms in total. The van der Waals surface area contributed by atoms with Crippen LogP contribution in [-0.2, 0) is 0 Å². The molecular formula is C8H11BrN2O. The van der Waals surface area contributed by atoms with E-state index in [1.807, 2.05) is 19.1 Å². The highest BCUT2D eigenvalue weighted by molar-refractivity contribution is 9.10. The van der Waals surface area contributed by atoms with Gasteiger partial charge in [0.2, 0.25) is 0 Å². The molecule has 1 rings (SSSR count). The monoisotopic (exact) mass is 230 g/mol. The molecular weight excluding hydrogens is 220 g/mol. The van der Waals surface area contributed by atoms with Crippen LogP contribution in [0, 0.1) is 0 Å². The highest BCUT2D eigenvalue weighted by Crippen LogP contribution is 2.12. The zero-order valence-electron chi connectivity index (χ0n) is 6.79. The number of aliphatic hydroxyl groups excluding tert-OH is 1. The lowest BCUT2D eigenvalue weighted by atomic mass is 10.3. The number of nitrogens with zero attached hydrogens (tertiary/aromatic N) is 1. The van der Waals surface area contributed by atoms with Crippen molar-refractivity contribution in [3.63, 3.8) is 0 Å². The Balaban J connectivity index is 2.63. The highest BCUT2D eigenvalue weighted by Gasteiger charge is 1.99. The molecule has 66 valence electrons. The summed E-state index contributed by atoms with van der Waals surface area (Å²) in [6, 6.07) is 3.76. The van der Waals surface area contributed by atoms with Crippen LogP contribution in [0.25, 0.3) is 0 Å². The van der Waals surface area contributed by atoms with E-state index < -0.39 is 0 Å². The molecule has 1 aromatic heterocycles. The number of hydrogen-bond acceptors (Lipinski definition) is 3. The zero-order valence-corrected chi connectivity index (χ0v) is 8.37. The maximum absolute atomic E-state index is 8.76. The summed E-state index contributed by atoms with van der Waals surface area (Å²) < 4.78 is 0.977. The van der Waals surface area contributed by atoms with E-state index in [1.165, 1.54) is 0 Å². The Morgan fingerprint density at radius 3 is 3.08 bits per heavy atom. The van der Waals surface area contributed by atoms with E-state index in [0.29, 0.717) is 0 Å². The number of anilines is 1. The first-order valence-electron chi connectivity index (χ1n) is 3.71. The molecule has 1 unspecified atom stereocenters. The molecule has 2 N–H and O–H groups in total. The van der Waals surface area contributed by atoms with Crippen LogP contribution in [0.5, 0.6) is 0 Å². The number of pyridine rings is 1. The molecule has 0 amide bonds. The standard InChI is InChI=1S/C8H11BrN2O/c1-6(5-12)11-8-4-7(9)2-3-10-8/h2-4,6,12H,5H2,1H3,(H,10,11). The van der Waals surface area contributed by atoms with Crippen molar-refractivity contribution in [2.75, 3.05) is 11.9 Å². The van der Waals surface area contributed by atoms with E-state index in [2.05, 4.69) is 26.2 Å². The van der Waals surface area contributed by atoms with Gasteiger partial charge in [0, 0.05) is 16.7 Å². The third-order valence-corrected chi connectivity index (χ3v) is 1.88. The van der Waals surface area contributed by atoms with Gasteiger partial charge in [0.15, 0.2) is 0 Å². The maximum Gasteiger partial charge on any atom is 0.127 e. The van der Waals surface area contributed by atoms with Crippen molar-refractivity contribution < 1.29 is 5.11 Å². The van der Waals surface area contributed by atoms with Gasteiger partial charge in [-0.05, 0) is 19.1 Å². The van der Waals surface area contributed by atoms with Crippen LogP contribution in [0.4, 0.5) is 5.82 Å². The smallest absolute Gasteiger partial charge is 0.127 e. The molecule has 1 atom stereocenters. The summed E-state index contributed by atoms with van der Waals surface area (Å²) in [4.78, 5) is 4.08. The lowest BCUT2D eigenvalue weighted by molar-refractivity contribution is 0.281. The number of rotatable bonds is 3. The summed E-state index contributed by atoms with van der Waals surface area (Å²) in [5, 5.41) is 11.8. The molecule has 0 bridgehead atoms. The van der Waals surface area contributed by atoms with Crippen LogP contribution in [0.3, 0.4) is 0 Å². The molecule has 0 aliphatic rings. The predicted octanol–water partition coefficient (Wildman–Crippen LogP) is 1.64. The molecule has 0 aromatic carbocycles. The number of aliphatic hydroxyl groups is 1.